The Balaban J connectivity index is 1.79. The number of anilines is 2. The molecule has 3 aromatic carbocycles. The van der Waals surface area contributed by atoms with Crippen molar-refractivity contribution in [2.24, 2.45) is 0 Å². The molecule has 3 aromatic rings. The minimum absolute atomic E-state index is 1.00. The van der Waals surface area contributed by atoms with Crippen molar-refractivity contribution in [3.63, 3.8) is 0 Å². The molecule has 0 aromatic heterocycles. The molecule has 0 bridgehead atoms. The average Bonchev–Trinajstić information content (AvgIpc) is 2.99. The molecule has 0 amide bonds. The Morgan fingerprint density at radius 1 is 0.792 bits per heavy atom. The van der Waals surface area contributed by atoms with E-state index in [1.807, 2.05) is 0 Å². The van der Waals surface area contributed by atoms with Gasteiger partial charge in [0, 0.05) is 18.5 Å². The van der Waals surface area contributed by atoms with E-state index < -0.39 is 0 Å². The number of benzene rings is 3. The van der Waals surface area contributed by atoms with Crippen molar-refractivity contribution in [2.75, 3.05) is 11.6 Å². The Kier molecular flexibility index (Phi) is 4.22. The van der Waals surface area contributed by atoms with Crippen molar-refractivity contribution >= 4 is 22.1 Å². The summed E-state index contributed by atoms with van der Waals surface area (Å²) >= 11 is 0. The van der Waals surface area contributed by atoms with Crippen molar-refractivity contribution in [3.05, 3.63) is 72.3 Å². The quantitative estimate of drug-likeness (QED) is 0.541. The topological polar surface area (TPSA) is 6.48 Å². The summed E-state index contributed by atoms with van der Waals surface area (Å²) in [4.78, 5) is 0. The van der Waals surface area contributed by atoms with Gasteiger partial charge >= 0.3 is 0 Å². The second kappa shape index (κ2) is 6.66. The highest BCUT2D eigenvalue weighted by molar-refractivity contribution is 5.96. The van der Waals surface area contributed by atoms with E-state index in [1.54, 1.807) is 0 Å². The van der Waals surface area contributed by atoms with Gasteiger partial charge in [-0.15, -0.1) is 0 Å². The number of para-hydroxylation sites is 1. The molecule has 2 heteroatoms. The Bertz CT molecular complexity index is 835. The van der Waals surface area contributed by atoms with Crippen LogP contribution in [0, 0.1) is 0 Å². The van der Waals surface area contributed by atoms with Gasteiger partial charge in [-0.3, -0.25) is 5.01 Å². The van der Waals surface area contributed by atoms with Gasteiger partial charge < -0.3 is 0 Å². The molecule has 1 aliphatic rings. The zero-order valence-electron chi connectivity index (χ0n) is 14.3. The van der Waals surface area contributed by atoms with E-state index in [0.29, 0.717) is 0 Å². The zero-order chi connectivity index (χ0) is 16.4. The monoisotopic (exact) mass is 316 g/mol. The number of rotatable bonds is 5. The minimum Gasteiger partial charge on any atom is -0.273 e. The Morgan fingerprint density at radius 3 is 2.46 bits per heavy atom. The first-order valence-electron chi connectivity index (χ1n) is 8.99. The summed E-state index contributed by atoms with van der Waals surface area (Å²) in [5, 5.41) is 7.56. The highest BCUT2D eigenvalue weighted by Crippen LogP contribution is 2.40. The average molecular weight is 316 g/mol. The van der Waals surface area contributed by atoms with E-state index in [9.17, 15) is 0 Å². The SMILES string of the molecule is CCCCCN1Cc2ccccc2N1c1cccc2ccccc12. The molecule has 0 aliphatic carbocycles. The summed E-state index contributed by atoms with van der Waals surface area (Å²) in [7, 11) is 0. The molecule has 1 aliphatic heterocycles. The molecule has 122 valence electrons. The molecule has 0 saturated heterocycles. The first-order chi connectivity index (χ1) is 11.9. The van der Waals surface area contributed by atoms with E-state index >= 15 is 0 Å². The van der Waals surface area contributed by atoms with Crippen LogP contribution in [0.2, 0.25) is 0 Å². The van der Waals surface area contributed by atoms with Gasteiger partial charge in [0.2, 0.25) is 0 Å². The van der Waals surface area contributed by atoms with E-state index in [1.165, 1.54) is 47.0 Å². The molecule has 0 atom stereocenters. The van der Waals surface area contributed by atoms with Crippen molar-refractivity contribution in [1.82, 2.24) is 5.01 Å². The lowest BCUT2D eigenvalue weighted by Gasteiger charge is -2.31. The number of fused-ring (bicyclic) bond motifs is 2. The maximum atomic E-state index is 2.50. The first-order valence-corrected chi connectivity index (χ1v) is 8.99. The third-order valence-electron chi connectivity index (χ3n) is 4.87. The van der Waals surface area contributed by atoms with Gasteiger partial charge in [-0.25, -0.2) is 5.01 Å². The maximum Gasteiger partial charge on any atom is 0.0658 e. The van der Waals surface area contributed by atoms with Crippen LogP contribution >= 0.6 is 0 Å². The highest BCUT2D eigenvalue weighted by atomic mass is 15.6. The fourth-order valence-corrected chi connectivity index (χ4v) is 3.67. The Hall–Kier alpha value is -2.32. The molecule has 0 saturated carbocycles. The number of hydrogen-bond acceptors (Lipinski definition) is 2. The molecule has 24 heavy (non-hydrogen) atoms. The van der Waals surface area contributed by atoms with E-state index in [-0.39, 0.29) is 0 Å². The third kappa shape index (κ3) is 2.67. The molecule has 4 rings (SSSR count). The van der Waals surface area contributed by atoms with E-state index in [2.05, 4.69) is 83.7 Å². The van der Waals surface area contributed by atoms with Crippen molar-refractivity contribution < 1.29 is 0 Å². The van der Waals surface area contributed by atoms with Crippen LogP contribution in [0.5, 0.6) is 0 Å². The second-order valence-electron chi connectivity index (χ2n) is 6.53. The van der Waals surface area contributed by atoms with Crippen LogP contribution in [0.3, 0.4) is 0 Å². The van der Waals surface area contributed by atoms with Gasteiger partial charge in [0.05, 0.1) is 11.4 Å². The maximum absolute atomic E-state index is 2.50. The number of nitrogens with zero attached hydrogens (tertiary/aromatic N) is 2. The van der Waals surface area contributed by atoms with Gasteiger partial charge in [-0.2, -0.15) is 0 Å². The van der Waals surface area contributed by atoms with Gasteiger partial charge in [0.25, 0.3) is 0 Å². The number of unbranched alkanes of at least 4 members (excludes halogenated alkanes) is 2. The summed E-state index contributed by atoms with van der Waals surface area (Å²) in [6.07, 6.45) is 3.79. The van der Waals surface area contributed by atoms with Crippen LogP contribution in [0.15, 0.2) is 66.7 Å². The summed E-state index contributed by atoms with van der Waals surface area (Å²) in [5.74, 6) is 0. The normalized spacial score (nSPS) is 14.3. The van der Waals surface area contributed by atoms with Gasteiger partial charge in [-0.05, 0) is 29.5 Å². The fraction of sp³-hybridized carbons (Fsp3) is 0.273. The third-order valence-corrected chi connectivity index (χ3v) is 4.87. The van der Waals surface area contributed by atoms with Crippen LogP contribution in [-0.4, -0.2) is 11.6 Å². The highest BCUT2D eigenvalue weighted by Gasteiger charge is 2.28. The summed E-state index contributed by atoms with van der Waals surface area (Å²) in [6, 6.07) is 24.1. The van der Waals surface area contributed by atoms with Crippen LogP contribution < -0.4 is 5.01 Å². The predicted molar refractivity (Wildman–Crippen MR) is 102 cm³/mol. The lowest BCUT2D eigenvalue weighted by molar-refractivity contribution is 0.285. The number of hydrogen-bond donors (Lipinski definition) is 0. The van der Waals surface area contributed by atoms with E-state index in [4.69, 9.17) is 0 Å². The van der Waals surface area contributed by atoms with Gasteiger partial charge in [0.1, 0.15) is 0 Å². The molecule has 0 fully saturated rings. The summed E-state index contributed by atoms with van der Waals surface area (Å²) in [5.41, 5.74) is 4.03. The second-order valence-corrected chi connectivity index (χ2v) is 6.53. The largest absolute Gasteiger partial charge is 0.273 e. The van der Waals surface area contributed by atoms with Crippen molar-refractivity contribution in [2.45, 2.75) is 32.7 Å². The smallest absolute Gasteiger partial charge is 0.0658 e. The molecule has 1 heterocycles. The molecule has 0 N–H and O–H groups in total. The van der Waals surface area contributed by atoms with Crippen LogP contribution in [0.25, 0.3) is 10.8 Å². The lowest BCUT2D eigenvalue weighted by Crippen LogP contribution is -2.34. The van der Waals surface area contributed by atoms with E-state index in [0.717, 1.165) is 13.1 Å². The van der Waals surface area contributed by atoms with Crippen LogP contribution in [-0.2, 0) is 6.54 Å². The molecular formula is C22H24N2. The molecular weight excluding hydrogens is 292 g/mol. The Morgan fingerprint density at radius 2 is 1.54 bits per heavy atom. The van der Waals surface area contributed by atoms with Crippen LogP contribution in [0.1, 0.15) is 31.7 Å². The zero-order valence-corrected chi connectivity index (χ0v) is 14.3. The Labute approximate surface area is 144 Å². The molecule has 2 nitrogen and oxygen atoms in total. The lowest BCUT2D eigenvalue weighted by atomic mass is 10.1. The van der Waals surface area contributed by atoms with Gasteiger partial charge in [-0.1, -0.05) is 74.4 Å². The minimum atomic E-state index is 1.00. The summed E-state index contributed by atoms with van der Waals surface area (Å²) in [6.45, 7) is 4.37. The predicted octanol–water partition coefficient (Wildman–Crippen LogP) is 5.90. The summed E-state index contributed by atoms with van der Waals surface area (Å²) < 4.78 is 0. The standard InChI is InChI=1S/C22H24N2/c1-2-3-8-16-23-17-19-11-5-7-14-21(19)24(23)22-15-9-12-18-10-4-6-13-20(18)22/h4-7,9-15H,2-3,8,16-17H2,1H3. The molecule has 0 unspecified atom stereocenters. The van der Waals surface area contributed by atoms with Gasteiger partial charge in [0.15, 0.2) is 0 Å². The molecule has 0 spiro atoms. The van der Waals surface area contributed by atoms with Crippen molar-refractivity contribution in [3.8, 4) is 0 Å². The first kappa shape index (κ1) is 15.2. The fourth-order valence-electron chi connectivity index (χ4n) is 3.67. The van der Waals surface area contributed by atoms with Crippen LogP contribution in [0.4, 0.5) is 11.4 Å². The van der Waals surface area contributed by atoms with Crippen molar-refractivity contribution in [1.29, 1.82) is 0 Å². The molecule has 0 radical (unpaired) electrons. The number of hydrazine groups is 1.